The Balaban J connectivity index is 2.16. The average molecular weight is 277 g/mol. The maximum Gasteiger partial charge on any atom is 0.201 e. The Hall–Kier alpha value is -2.44. The van der Waals surface area contributed by atoms with E-state index in [0.29, 0.717) is 12.1 Å². The summed E-state index contributed by atoms with van der Waals surface area (Å²) < 4.78 is 30.3. The first-order valence-corrected chi connectivity index (χ1v) is 6.05. The molecule has 0 aliphatic rings. The van der Waals surface area contributed by atoms with E-state index >= 15 is 0 Å². The van der Waals surface area contributed by atoms with E-state index in [2.05, 4.69) is 10.1 Å². The summed E-state index contributed by atoms with van der Waals surface area (Å²) >= 11 is 0. The van der Waals surface area contributed by atoms with E-state index in [1.54, 1.807) is 15.4 Å². The molecule has 0 atom stereocenters. The number of aromatic nitrogens is 4. The molecular formula is C13H13F2N5. The molecule has 20 heavy (non-hydrogen) atoms. The highest BCUT2D eigenvalue weighted by Gasteiger charge is 2.15. The maximum absolute atomic E-state index is 13.7. The number of fused-ring (bicyclic) bond motifs is 1. The summed E-state index contributed by atoms with van der Waals surface area (Å²) in [6.45, 7) is 2.28. The number of halogens is 2. The van der Waals surface area contributed by atoms with Crippen molar-refractivity contribution in [3.05, 3.63) is 41.2 Å². The number of nitrogen functional groups attached to an aromatic ring is 1. The third-order valence-electron chi connectivity index (χ3n) is 3.47. The highest BCUT2D eigenvalue weighted by Crippen LogP contribution is 2.23. The Morgan fingerprint density at radius 2 is 2.05 bits per heavy atom. The summed E-state index contributed by atoms with van der Waals surface area (Å²) in [6.07, 6.45) is 1.70. The Bertz CT molecular complexity index is 803. The monoisotopic (exact) mass is 277 g/mol. The third-order valence-corrected chi connectivity index (χ3v) is 3.47. The average Bonchev–Trinajstić information content (AvgIpc) is 2.86. The van der Waals surface area contributed by atoms with Crippen molar-refractivity contribution in [1.82, 2.24) is 19.3 Å². The normalized spacial score (nSPS) is 11.4. The van der Waals surface area contributed by atoms with Gasteiger partial charge in [0.15, 0.2) is 5.82 Å². The zero-order valence-electron chi connectivity index (χ0n) is 11.1. The van der Waals surface area contributed by atoms with Gasteiger partial charge in [0.25, 0.3) is 0 Å². The first-order valence-electron chi connectivity index (χ1n) is 6.05. The van der Waals surface area contributed by atoms with Crippen LogP contribution in [0.25, 0.3) is 11.0 Å². The molecule has 5 nitrogen and oxygen atoms in total. The first kappa shape index (κ1) is 12.6. The number of nitrogens with zero attached hydrogens (tertiary/aromatic N) is 4. The second-order valence-electron chi connectivity index (χ2n) is 4.69. The highest BCUT2D eigenvalue weighted by molar-refractivity contribution is 5.79. The molecule has 0 saturated heterocycles. The smallest absolute Gasteiger partial charge is 0.201 e. The van der Waals surface area contributed by atoms with E-state index in [9.17, 15) is 8.78 Å². The first-order chi connectivity index (χ1) is 9.47. The van der Waals surface area contributed by atoms with Gasteiger partial charge in [0.05, 0.1) is 18.3 Å². The van der Waals surface area contributed by atoms with Gasteiger partial charge in [0.2, 0.25) is 5.95 Å². The van der Waals surface area contributed by atoms with E-state index in [4.69, 9.17) is 5.73 Å². The number of hydrogen-bond acceptors (Lipinski definition) is 3. The summed E-state index contributed by atoms with van der Waals surface area (Å²) in [7, 11) is 1.83. The zero-order valence-corrected chi connectivity index (χ0v) is 11.1. The summed E-state index contributed by atoms with van der Waals surface area (Å²) in [5, 5.41) is 4.14. The number of hydrogen-bond donors (Lipinski definition) is 1. The topological polar surface area (TPSA) is 61.7 Å². The van der Waals surface area contributed by atoms with E-state index in [0.717, 1.165) is 17.3 Å². The molecule has 1 aromatic carbocycles. The fourth-order valence-electron chi connectivity index (χ4n) is 2.20. The number of anilines is 1. The lowest BCUT2D eigenvalue weighted by molar-refractivity contribution is 0.590. The standard InChI is InChI=1S/C13H13F2N5/c1-7-8(5-17-19(7)2)6-20-11-4-9(14)3-10(15)12(11)18-13(20)16/h3-5H,6H2,1-2H3,(H2,16,18). The van der Waals surface area contributed by atoms with Crippen LogP contribution in [-0.2, 0) is 13.6 Å². The second kappa shape index (κ2) is 4.29. The van der Waals surface area contributed by atoms with Gasteiger partial charge in [-0.1, -0.05) is 0 Å². The van der Waals surface area contributed by atoms with Crippen molar-refractivity contribution < 1.29 is 8.78 Å². The molecule has 2 N–H and O–H groups in total. The molecule has 2 heterocycles. The molecule has 0 aliphatic carbocycles. The molecule has 0 aliphatic heterocycles. The van der Waals surface area contributed by atoms with Crippen LogP contribution in [0.5, 0.6) is 0 Å². The van der Waals surface area contributed by atoms with Gasteiger partial charge < -0.3 is 10.3 Å². The molecule has 3 aromatic rings. The van der Waals surface area contributed by atoms with Gasteiger partial charge in [-0.15, -0.1) is 0 Å². The Morgan fingerprint density at radius 1 is 1.30 bits per heavy atom. The van der Waals surface area contributed by atoms with Crippen molar-refractivity contribution >= 4 is 17.0 Å². The van der Waals surface area contributed by atoms with Crippen LogP contribution in [0.1, 0.15) is 11.3 Å². The number of benzene rings is 1. The number of rotatable bonds is 2. The van der Waals surface area contributed by atoms with Crippen LogP contribution in [0.15, 0.2) is 18.3 Å². The van der Waals surface area contributed by atoms with E-state index in [-0.39, 0.29) is 11.5 Å². The number of aryl methyl sites for hydroxylation is 1. The van der Waals surface area contributed by atoms with Gasteiger partial charge in [-0.2, -0.15) is 5.10 Å². The zero-order chi connectivity index (χ0) is 14.4. The Kier molecular flexibility index (Phi) is 2.70. The molecular weight excluding hydrogens is 264 g/mol. The van der Waals surface area contributed by atoms with Crippen LogP contribution in [-0.4, -0.2) is 19.3 Å². The summed E-state index contributed by atoms with van der Waals surface area (Å²) in [6, 6.07) is 2.03. The van der Waals surface area contributed by atoms with Crippen LogP contribution in [0.4, 0.5) is 14.7 Å². The minimum atomic E-state index is -0.714. The summed E-state index contributed by atoms with van der Waals surface area (Å²) in [5.74, 6) is -1.22. The van der Waals surface area contributed by atoms with Crippen LogP contribution in [0, 0.1) is 18.6 Å². The summed E-state index contributed by atoms with van der Waals surface area (Å²) in [4.78, 5) is 3.96. The molecule has 0 amide bonds. The molecule has 0 spiro atoms. The summed E-state index contributed by atoms with van der Waals surface area (Å²) in [5.41, 5.74) is 8.10. The maximum atomic E-state index is 13.7. The Morgan fingerprint density at radius 3 is 2.70 bits per heavy atom. The number of nitrogens with two attached hydrogens (primary N) is 1. The van der Waals surface area contributed by atoms with Gasteiger partial charge in [0, 0.05) is 30.4 Å². The van der Waals surface area contributed by atoms with Crippen molar-refractivity contribution in [3.8, 4) is 0 Å². The van der Waals surface area contributed by atoms with E-state index in [1.165, 1.54) is 6.07 Å². The lowest BCUT2D eigenvalue weighted by Gasteiger charge is -2.06. The van der Waals surface area contributed by atoms with Crippen molar-refractivity contribution in [1.29, 1.82) is 0 Å². The molecule has 3 rings (SSSR count). The van der Waals surface area contributed by atoms with Crippen LogP contribution < -0.4 is 5.73 Å². The quantitative estimate of drug-likeness (QED) is 0.779. The molecule has 2 aromatic heterocycles. The Labute approximate surface area is 113 Å². The van der Waals surface area contributed by atoms with E-state index < -0.39 is 11.6 Å². The highest BCUT2D eigenvalue weighted by atomic mass is 19.1. The van der Waals surface area contributed by atoms with Crippen molar-refractivity contribution in [3.63, 3.8) is 0 Å². The van der Waals surface area contributed by atoms with Crippen molar-refractivity contribution in [2.24, 2.45) is 7.05 Å². The minimum absolute atomic E-state index is 0.0745. The molecule has 0 saturated carbocycles. The number of imidazole rings is 1. The lowest BCUT2D eigenvalue weighted by atomic mass is 10.2. The van der Waals surface area contributed by atoms with E-state index in [1.807, 2.05) is 14.0 Å². The predicted octanol–water partition coefficient (Wildman–Crippen LogP) is 1.99. The molecule has 0 bridgehead atoms. The van der Waals surface area contributed by atoms with Gasteiger partial charge in [0.1, 0.15) is 11.3 Å². The van der Waals surface area contributed by atoms with Gasteiger partial charge in [-0.3, -0.25) is 4.68 Å². The van der Waals surface area contributed by atoms with Gasteiger partial charge in [-0.25, -0.2) is 13.8 Å². The minimum Gasteiger partial charge on any atom is -0.369 e. The largest absolute Gasteiger partial charge is 0.369 e. The van der Waals surface area contributed by atoms with Crippen molar-refractivity contribution in [2.45, 2.75) is 13.5 Å². The van der Waals surface area contributed by atoms with Crippen LogP contribution in [0.3, 0.4) is 0 Å². The molecule has 104 valence electrons. The van der Waals surface area contributed by atoms with Gasteiger partial charge in [-0.05, 0) is 6.92 Å². The molecule has 0 radical (unpaired) electrons. The van der Waals surface area contributed by atoms with Gasteiger partial charge >= 0.3 is 0 Å². The second-order valence-corrected chi connectivity index (χ2v) is 4.69. The lowest BCUT2D eigenvalue weighted by Crippen LogP contribution is -2.05. The van der Waals surface area contributed by atoms with Crippen LogP contribution >= 0.6 is 0 Å². The fourth-order valence-corrected chi connectivity index (χ4v) is 2.20. The predicted molar refractivity (Wildman–Crippen MR) is 71.1 cm³/mol. The fraction of sp³-hybridized carbons (Fsp3) is 0.231. The van der Waals surface area contributed by atoms with Crippen molar-refractivity contribution in [2.75, 3.05) is 5.73 Å². The SMILES string of the molecule is Cc1c(Cn2c(N)nc3c(F)cc(F)cc32)cnn1C. The molecule has 0 unspecified atom stereocenters. The van der Waals surface area contributed by atoms with Crippen LogP contribution in [0.2, 0.25) is 0 Å². The molecule has 0 fully saturated rings. The third kappa shape index (κ3) is 1.82. The molecule has 7 heteroatoms.